The lowest BCUT2D eigenvalue weighted by molar-refractivity contribution is -0.0281. The summed E-state index contributed by atoms with van der Waals surface area (Å²) in [5, 5.41) is -0.255. The summed E-state index contributed by atoms with van der Waals surface area (Å²) in [4.78, 5) is 2.47. The molecule has 0 atom stereocenters. The van der Waals surface area contributed by atoms with Gasteiger partial charge in [-0.2, -0.15) is 0 Å². The van der Waals surface area contributed by atoms with Crippen LogP contribution in [0.1, 0.15) is 0 Å². The van der Waals surface area contributed by atoms with Crippen molar-refractivity contribution in [1.82, 2.24) is 0 Å². The van der Waals surface area contributed by atoms with Gasteiger partial charge in [0.05, 0.1) is 18.7 Å². The number of hydrogen-bond donors (Lipinski definition) is 0. The van der Waals surface area contributed by atoms with Gasteiger partial charge in [0.2, 0.25) is 0 Å². The fraction of sp³-hybridized carbons (Fsp3) is 0.500. The second-order valence-electron chi connectivity index (χ2n) is 0.557. The maximum atomic E-state index is 7.67. The molecule has 0 aliphatic carbocycles. The van der Waals surface area contributed by atoms with E-state index < -0.39 is 0 Å². The maximum Gasteiger partial charge on any atom is 0.551 e. The van der Waals surface area contributed by atoms with Gasteiger partial charge in [0.25, 0.3) is 0 Å². The standard InChI is InChI=1S/C2H3ClN2O/c1-6-2(3)5-4/h1H3. The van der Waals surface area contributed by atoms with Crippen LogP contribution in [-0.2, 0) is 4.74 Å². The van der Waals surface area contributed by atoms with Gasteiger partial charge < -0.3 is 10.3 Å². The molecule has 0 saturated carbocycles. The summed E-state index contributed by atoms with van der Waals surface area (Å²) >= 11 is 4.93. The fourth-order valence-electron chi connectivity index (χ4n) is 0.0408. The van der Waals surface area contributed by atoms with Crippen LogP contribution in [0.2, 0.25) is 0 Å². The van der Waals surface area contributed by atoms with E-state index in [1.165, 1.54) is 7.11 Å². The quantitative estimate of drug-likeness (QED) is 0.192. The Morgan fingerprint density at radius 3 is 2.50 bits per heavy atom. The van der Waals surface area contributed by atoms with Gasteiger partial charge in [-0.05, 0) is 0 Å². The Bertz CT molecular complexity index is 85.5. The van der Waals surface area contributed by atoms with Gasteiger partial charge >= 0.3 is 5.36 Å². The minimum absolute atomic E-state index is 0.255. The topological polar surface area (TPSA) is 45.6 Å². The largest absolute Gasteiger partial charge is 0.551 e. The number of methoxy groups -OCH3 is 1. The Morgan fingerprint density at radius 2 is 2.50 bits per heavy atom. The average molecular weight is 107 g/mol. The zero-order chi connectivity index (χ0) is 4.99. The van der Waals surface area contributed by atoms with Crippen molar-refractivity contribution < 1.29 is 9.53 Å². The zero-order valence-corrected chi connectivity index (χ0v) is 3.94. The molecule has 0 amide bonds. The molecule has 34 valence electrons. The number of rotatable bonds is 0. The lowest BCUT2D eigenvalue weighted by atomic mass is 11.4. The molecule has 0 aromatic rings. The Kier molecular flexibility index (Phi) is 2.46. The second kappa shape index (κ2) is 2.69. The minimum atomic E-state index is -0.255. The van der Waals surface area contributed by atoms with Gasteiger partial charge in [-0.15, -0.1) is 4.79 Å². The molecule has 0 aromatic carbocycles. The third kappa shape index (κ3) is 1.76. The van der Waals surface area contributed by atoms with Gasteiger partial charge in [-0.1, -0.05) is 0 Å². The van der Waals surface area contributed by atoms with Crippen LogP contribution in [0.3, 0.4) is 0 Å². The summed E-state index contributed by atoms with van der Waals surface area (Å²) in [6, 6.07) is 0. The van der Waals surface area contributed by atoms with Crippen LogP contribution >= 0.6 is 11.6 Å². The van der Waals surface area contributed by atoms with Crippen LogP contribution < -0.4 is 0 Å². The SMILES string of the molecule is COC(Cl)=[N+]=[N-]. The van der Waals surface area contributed by atoms with Gasteiger partial charge in [-0.25, -0.2) is 0 Å². The van der Waals surface area contributed by atoms with Crippen LogP contribution in [-0.4, -0.2) is 17.3 Å². The van der Waals surface area contributed by atoms with Crippen molar-refractivity contribution in [2.75, 3.05) is 7.11 Å². The summed E-state index contributed by atoms with van der Waals surface area (Å²) in [5.41, 5.74) is 7.67. The molecule has 0 aliphatic rings. The Labute approximate surface area is 40.1 Å². The zero-order valence-electron chi connectivity index (χ0n) is 3.18. The van der Waals surface area contributed by atoms with E-state index in [-0.39, 0.29) is 5.36 Å². The molecule has 0 fully saturated rings. The minimum Gasteiger partial charge on any atom is -0.426 e. The van der Waals surface area contributed by atoms with Crippen LogP contribution in [0, 0.1) is 0 Å². The average Bonchev–Trinajstić information content (AvgIpc) is 1.65. The molecule has 4 heteroatoms. The van der Waals surface area contributed by atoms with Crippen LogP contribution in [0.4, 0.5) is 0 Å². The molecular formula is C2H3ClN2O. The Hall–Kier alpha value is -0.530. The van der Waals surface area contributed by atoms with E-state index in [4.69, 9.17) is 17.1 Å². The first-order valence-corrected chi connectivity index (χ1v) is 1.60. The third-order valence-corrected chi connectivity index (χ3v) is 0.477. The van der Waals surface area contributed by atoms with E-state index in [2.05, 4.69) is 9.53 Å². The molecular weight excluding hydrogens is 103 g/mol. The molecule has 0 saturated heterocycles. The maximum absolute atomic E-state index is 7.67. The Morgan fingerprint density at radius 1 is 2.00 bits per heavy atom. The van der Waals surface area contributed by atoms with Crippen molar-refractivity contribution in [2.24, 2.45) is 0 Å². The van der Waals surface area contributed by atoms with Crippen molar-refractivity contribution in [1.29, 1.82) is 0 Å². The molecule has 3 nitrogen and oxygen atoms in total. The summed E-state index contributed by atoms with van der Waals surface area (Å²) in [6.45, 7) is 0. The van der Waals surface area contributed by atoms with Gasteiger partial charge in [0, 0.05) is 0 Å². The molecule has 0 N–H and O–H groups in total. The van der Waals surface area contributed by atoms with E-state index in [1.54, 1.807) is 0 Å². The van der Waals surface area contributed by atoms with Crippen molar-refractivity contribution in [3.05, 3.63) is 5.53 Å². The lowest BCUT2D eigenvalue weighted by Gasteiger charge is -1.73. The van der Waals surface area contributed by atoms with Crippen LogP contribution in [0.25, 0.3) is 5.53 Å². The first kappa shape index (κ1) is 5.47. The van der Waals surface area contributed by atoms with Crippen molar-refractivity contribution in [3.63, 3.8) is 0 Å². The summed E-state index contributed by atoms with van der Waals surface area (Å²) in [5.74, 6) is 0. The second-order valence-corrected chi connectivity index (χ2v) is 0.880. The summed E-state index contributed by atoms with van der Waals surface area (Å²) in [7, 11) is 1.31. The predicted octanol–water partition coefficient (Wildman–Crippen LogP) is 0.457. The fourth-order valence-corrected chi connectivity index (χ4v) is 0.0408. The van der Waals surface area contributed by atoms with E-state index in [9.17, 15) is 0 Å². The normalized spacial score (nSPS) is 6.33. The molecule has 0 rings (SSSR count). The molecule has 6 heavy (non-hydrogen) atoms. The van der Waals surface area contributed by atoms with Crippen LogP contribution in [0.15, 0.2) is 0 Å². The monoisotopic (exact) mass is 106 g/mol. The third-order valence-electron chi connectivity index (χ3n) is 0.247. The molecule has 0 spiro atoms. The molecule has 0 heterocycles. The highest BCUT2D eigenvalue weighted by molar-refractivity contribution is 6.61. The Balaban J connectivity index is 3.52. The highest BCUT2D eigenvalue weighted by Crippen LogP contribution is 1.74. The van der Waals surface area contributed by atoms with Gasteiger partial charge in [-0.3, -0.25) is 0 Å². The van der Waals surface area contributed by atoms with Crippen molar-refractivity contribution in [3.8, 4) is 0 Å². The summed E-state index contributed by atoms with van der Waals surface area (Å²) in [6.07, 6.45) is 0. The number of nitrogens with zero attached hydrogens (tertiary/aromatic N) is 2. The smallest absolute Gasteiger partial charge is 0.426 e. The van der Waals surface area contributed by atoms with E-state index >= 15 is 0 Å². The number of hydrogen-bond acceptors (Lipinski definition) is 1. The lowest BCUT2D eigenvalue weighted by Crippen LogP contribution is -1.88. The van der Waals surface area contributed by atoms with E-state index in [1.807, 2.05) is 0 Å². The van der Waals surface area contributed by atoms with E-state index in [0.717, 1.165) is 0 Å². The number of halogens is 1. The van der Waals surface area contributed by atoms with Crippen LogP contribution in [0.5, 0.6) is 0 Å². The van der Waals surface area contributed by atoms with Crippen molar-refractivity contribution in [2.45, 2.75) is 0 Å². The predicted molar refractivity (Wildman–Crippen MR) is 21.5 cm³/mol. The molecule has 0 radical (unpaired) electrons. The van der Waals surface area contributed by atoms with Crippen molar-refractivity contribution >= 4 is 17.0 Å². The highest BCUT2D eigenvalue weighted by Gasteiger charge is 1.92. The van der Waals surface area contributed by atoms with E-state index in [0.29, 0.717) is 0 Å². The molecule has 0 aliphatic heterocycles. The first-order chi connectivity index (χ1) is 2.81. The van der Waals surface area contributed by atoms with Gasteiger partial charge in [0.15, 0.2) is 0 Å². The molecule has 0 aromatic heterocycles. The summed E-state index contributed by atoms with van der Waals surface area (Å²) < 4.78 is 4.16. The highest BCUT2D eigenvalue weighted by atomic mass is 35.5. The number of ether oxygens (including phenoxy) is 1. The molecule has 0 bridgehead atoms. The first-order valence-electron chi connectivity index (χ1n) is 1.22. The van der Waals surface area contributed by atoms with Gasteiger partial charge in [0.1, 0.15) is 0 Å². The molecule has 0 unspecified atom stereocenters.